The number of alkyl halides is 6. The van der Waals surface area contributed by atoms with Crippen molar-refractivity contribution in [2.75, 3.05) is 92.5 Å². The fourth-order valence-electron chi connectivity index (χ4n) is 4.40. The van der Waals surface area contributed by atoms with Crippen molar-refractivity contribution in [1.82, 2.24) is 0 Å². The Morgan fingerprint density at radius 1 is 0.598 bits per heavy atom. The number of hydrogen-bond donors (Lipinski definition) is 2. The van der Waals surface area contributed by atoms with Crippen molar-refractivity contribution in [2.45, 2.75) is 100 Å². The molecule has 0 aromatic heterocycles. The van der Waals surface area contributed by atoms with Crippen LogP contribution in [0.1, 0.15) is 89.0 Å². The second-order valence-corrected chi connectivity index (χ2v) is 24.9. The summed E-state index contributed by atoms with van der Waals surface area (Å²) in [6, 6.07) is 0. The molecule has 2 N–H and O–H groups in total. The van der Waals surface area contributed by atoms with Gasteiger partial charge in [-0.25, -0.2) is 19.2 Å². The molecule has 0 aliphatic carbocycles. The van der Waals surface area contributed by atoms with Gasteiger partial charge < -0.3 is 67.1 Å². The Balaban J connectivity index is -0.00000106. The van der Waals surface area contributed by atoms with E-state index in [-0.39, 0.29) is 46.2 Å². The molecule has 82 heavy (non-hydrogen) atoms. The molecule has 0 saturated carbocycles. The predicted molar refractivity (Wildman–Crippen MR) is 264 cm³/mol. The summed E-state index contributed by atoms with van der Waals surface area (Å²) in [5.74, 6) is -1.38. The Morgan fingerprint density at radius 3 is 1.23 bits per heavy atom. The fraction of sp³-hybridized carbons (Fsp3) is 0.778. The summed E-state index contributed by atoms with van der Waals surface area (Å²) in [5, 5.41) is 17.7. The molecule has 28 nitrogen and oxygen atoms in total. The van der Waals surface area contributed by atoms with Gasteiger partial charge in [-0.2, -0.15) is 0 Å². The SMILES string of the molecule is C=CCOC(=O)C(C)(CO)COC(=O)OCC(C)(COC(=O)OCCC(C)C)C(=O)OCC.CC(C)CCO.CCOC(=O)C1(C)COC(=O)OC1.CCOC(=O)C1(C)COC(=O)OC1.O=S(=O)([O][Sn][O]S(=O)(=O)C(F)(F)F)C(F)(F)F. The van der Waals surface area contributed by atoms with Gasteiger partial charge in [0, 0.05) is 6.61 Å². The van der Waals surface area contributed by atoms with Gasteiger partial charge in [-0.05, 0) is 73.1 Å². The molecular weight excluding hydrogens is 1290 g/mol. The molecule has 2 radical (unpaired) electrons. The molecule has 2 aliphatic rings. The molecule has 0 spiro atoms. The summed E-state index contributed by atoms with van der Waals surface area (Å²) in [6.45, 7) is 21.5. The third kappa shape index (κ3) is 32.6. The number of hydrogen-bond acceptors (Lipinski definition) is 28. The molecule has 2 fully saturated rings. The molecule has 0 aromatic rings. The Bertz CT molecular complexity index is 2140. The number of esters is 4. The van der Waals surface area contributed by atoms with Crippen molar-refractivity contribution in [3.63, 3.8) is 0 Å². The number of ether oxygens (including phenoxy) is 12. The van der Waals surface area contributed by atoms with E-state index < -0.39 is 150 Å². The van der Waals surface area contributed by atoms with Crippen LogP contribution in [0.2, 0.25) is 0 Å². The first-order valence-electron chi connectivity index (χ1n) is 24.0. The molecule has 2 aliphatic heterocycles. The van der Waals surface area contributed by atoms with Crippen molar-refractivity contribution in [3.05, 3.63) is 12.7 Å². The number of aliphatic hydroxyl groups excluding tert-OH is 2. The Hall–Kier alpha value is -5.18. The predicted octanol–water partition coefficient (Wildman–Crippen LogP) is 5.36. The van der Waals surface area contributed by atoms with E-state index in [1.807, 2.05) is 13.8 Å². The van der Waals surface area contributed by atoms with E-state index in [1.165, 1.54) is 19.9 Å². The van der Waals surface area contributed by atoms with Crippen molar-refractivity contribution in [1.29, 1.82) is 0 Å². The molecule has 37 heteroatoms. The van der Waals surface area contributed by atoms with E-state index in [1.54, 1.807) is 34.6 Å². The zero-order valence-electron chi connectivity index (χ0n) is 46.8. The summed E-state index contributed by atoms with van der Waals surface area (Å²) in [6.07, 6.45) is -0.716. The summed E-state index contributed by atoms with van der Waals surface area (Å²) in [4.78, 5) is 91.9. The van der Waals surface area contributed by atoms with Crippen LogP contribution in [0.5, 0.6) is 0 Å². The zero-order valence-corrected chi connectivity index (χ0v) is 51.3. The first-order chi connectivity index (χ1) is 37.6. The second-order valence-electron chi connectivity index (χ2n) is 18.5. The van der Waals surface area contributed by atoms with Crippen molar-refractivity contribution in [3.8, 4) is 0 Å². The summed E-state index contributed by atoms with van der Waals surface area (Å²) >= 11 is -3.86. The second kappa shape index (κ2) is 38.6. The van der Waals surface area contributed by atoms with Crippen LogP contribution in [-0.2, 0) is 101 Å². The van der Waals surface area contributed by atoms with Gasteiger partial charge in [-0.3, -0.25) is 19.2 Å². The Labute approximate surface area is 481 Å². The zero-order chi connectivity index (χ0) is 64.4. The normalized spacial score (nSPS) is 15.9. The topological polar surface area (TPSA) is 375 Å². The molecule has 478 valence electrons. The van der Waals surface area contributed by atoms with Crippen molar-refractivity contribution in [2.24, 2.45) is 33.5 Å². The van der Waals surface area contributed by atoms with Crippen LogP contribution in [0.3, 0.4) is 0 Å². The first kappa shape index (κ1) is 81.0. The van der Waals surface area contributed by atoms with Crippen molar-refractivity contribution < 1.29 is 154 Å². The van der Waals surface area contributed by atoms with Crippen LogP contribution < -0.4 is 0 Å². The van der Waals surface area contributed by atoms with E-state index in [4.69, 9.17) is 43.0 Å². The average molecular weight is 1360 g/mol. The number of aliphatic hydroxyl groups is 2. The van der Waals surface area contributed by atoms with Gasteiger partial charge in [-0.15, -0.1) is 0 Å². The van der Waals surface area contributed by atoms with Gasteiger partial charge in [0.2, 0.25) is 0 Å². The number of carbonyl (C=O) groups excluding carboxylic acids is 8. The maximum atomic E-state index is 12.4. The number of carbonyl (C=O) groups is 8. The van der Waals surface area contributed by atoms with Gasteiger partial charge >= 0.3 is 150 Å². The standard InChI is InChI=1S/C22H36O11.2C8H12O5.C5H12O.2CHF3O3S.Sn/c1-7-10-29-17(24)21(5,12-23)13-31-20(27)33-15-22(6,18(25)28-8-2)14-32-19(26)30-11-9-16(3)4;2*1-3-11-6(9)8(2)4-12-7(10)13-5-8;1-5(2)3-4-6;2*2-1(3,4)8(5,6)7;/h7,16,23H,1,8-15H2,2-6H3;2*3-5H2,1-2H3;5-6H,3-4H2,1-2H3;2*(H,5,6,7);/q;;;;;;+2/p-2. The minimum absolute atomic E-state index is 0.0185. The van der Waals surface area contributed by atoms with Crippen molar-refractivity contribution >= 4 is 90.7 Å². The van der Waals surface area contributed by atoms with Gasteiger partial charge in [0.05, 0.1) is 33.0 Å². The number of cyclic esters (lactones) is 4. The molecule has 2 rings (SSSR count). The molecule has 2 heterocycles. The quantitative estimate of drug-likeness (QED) is 0.0290. The van der Waals surface area contributed by atoms with Crippen LogP contribution in [0.4, 0.5) is 45.5 Å². The average Bonchev–Trinajstić information content (AvgIpc) is 3.40. The van der Waals surface area contributed by atoms with Crippen LogP contribution >= 0.6 is 0 Å². The van der Waals surface area contributed by atoms with E-state index in [9.17, 15) is 86.6 Å². The Kier molecular flexibility index (Phi) is 38.2. The third-order valence-electron chi connectivity index (χ3n) is 9.51. The maximum absolute atomic E-state index is 12.4. The molecule has 0 bridgehead atoms. The summed E-state index contributed by atoms with van der Waals surface area (Å²) in [7, 11) is -12.3. The third-order valence-corrected chi connectivity index (χ3v) is 16.1. The van der Waals surface area contributed by atoms with E-state index in [2.05, 4.69) is 44.4 Å². The van der Waals surface area contributed by atoms with Gasteiger partial charge in [-0.1, -0.05) is 40.3 Å². The van der Waals surface area contributed by atoms with E-state index in [0.29, 0.717) is 38.1 Å². The molecule has 0 amide bonds. The van der Waals surface area contributed by atoms with Gasteiger partial charge in [0.25, 0.3) is 0 Å². The monoisotopic (exact) mass is 1360 g/mol. The summed E-state index contributed by atoms with van der Waals surface area (Å²) < 4.78 is 174. The summed E-state index contributed by atoms with van der Waals surface area (Å²) in [5.41, 5.74) is -16.5. The first-order valence-corrected chi connectivity index (χ1v) is 29.2. The Morgan fingerprint density at radius 2 is 0.939 bits per heavy atom. The fourth-order valence-corrected chi connectivity index (χ4v) is 8.75. The van der Waals surface area contributed by atoms with Crippen LogP contribution in [0, 0.1) is 33.5 Å². The molecule has 0 aromatic carbocycles. The van der Waals surface area contributed by atoms with Crippen LogP contribution in [-0.4, -0.2) is 201 Å². The van der Waals surface area contributed by atoms with Crippen LogP contribution in [0.15, 0.2) is 12.7 Å². The minimum atomic E-state index is -6.15. The van der Waals surface area contributed by atoms with E-state index in [0.717, 1.165) is 6.42 Å². The van der Waals surface area contributed by atoms with Gasteiger partial charge in [0.15, 0.2) is 0 Å². The molecule has 2 atom stereocenters. The molecule has 2 unspecified atom stereocenters. The van der Waals surface area contributed by atoms with Crippen LogP contribution in [0.25, 0.3) is 0 Å². The van der Waals surface area contributed by atoms with E-state index >= 15 is 0 Å². The molecular formula is C45H72F6O28S2Sn. The van der Waals surface area contributed by atoms with Gasteiger partial charge in [0.1, 0.15) is 74.5 Å². The number of halogens is 6. The number of rotatable bonds is 25. The molecule has 2 saturated heterocycles.